The molecule has 9 atom stereocenters. The molecule has 2 fully saturated rings. The van der Waals surface area contributed by atoms with Crippen LogP contribution in [0.1, 0.15) is 24.9 Å². The van der Waals surface area contributed by atoms with Crippen molar-refractivity contribution in [2.45, 2.75) is 55.8 Å². The SMILES string of the molecule is CO[C@@H]1COP(=O)(SCc2ccc(OC(C)=O)cc2)O[C@H]2[C@@H](F)[C@H](n3ccc(=O)[nH]c3=O)O[C@@H]2COP(=O)(O)O[C@@H](n2cnc3c(N)ncnc32)[C@@H]1F. The summed E-state index contributed by atoms with van der Waals surface area (Å²) in [5.41, 5.74) is 4.42. The van der Waals surface area contributed by atoms with Gasteiger partial charge in [0.2, 0.25) is 0 Å². The maximum Gasteiger partial charge on any atom is 0.474 e. The second kappa shape index (κ2) is 15.8. The maximum atomic E-state index is 16.5. The molecular weight excluding hydrogens is 774 g/mol. The molecule has 2 saturated heterocycles. The number of hydrogen-bond donors (Lipinski definition) is 3. The minimum Gasteiger partial charge on any atom is -0.427 e. The van der Waals surface area contributed by atoms with Crippen LogP contribution in [0.2, 0.25) is 0 Å². The molecule has 1 aromatic carbocycles. The van der Waals surface area contributed by atoms with E-state index in [1.807, 2.05) is 4.98 Å². The Kier molecular flexibility index (Phi) is 11.6. The molecule has 4 aromatic rings. The number of benzene rings is 1. The zero-order valence-electron chi connectivity index (χ0n) is 27.5. The van der Waals surface area contributed by atoms with Crippen LogP contribution < -0.4 is 21.7 Å². The summed E-state index contributed by atoms with van der Waals surface area (Å²) in [6.45, 7) is -5.25. The van der Waals surface area contributed by atoms with E-state index in [1.54, 1.807) is 12.1 Å². The molecule has 2 aliphatic rings. The monoisotopic (exact) mass is 805 g/mol. The van der Waals surface area contributed by atoms with Crippen molar-refractivity contribution < 1.29 is 59.9 Å². The number of nitrogens with two attached hydrogens (primary N) is 1. The first-order chi connectivity index (χ1) is 25.2. The number of imidazole rings is 1. The number of aromatic nitrogens is 6. The molecule has 0 bridgehead atoms. The van der Waals surface area contributed by atoms with Gasteiger partial charge in [-0.25, -0.2) is 37.7 Å². The van der Waals surface area contributed by atoms with E-state index >= 15 is 8.78 Å². The second-order valence-corrected chi connectivity index (χ2v) is 16.8. The Morgan fingerprint density at radius 2 is 1.81 bits per heavy atom. The van der Waals surface area contributed by atoms with Crippen molar-refractivity contribution in [2.24, 2.45) is 0 Å². The van der Waals surface area contributed by atoms with Gasteiger partial charge in [0.1, 0.15) is 35.9 Å². The summed E-state index contributed by atoms with van der Waals surface area (Å²) < 4.78 is 100. The summed E-state index contributed by atoms with van der Waals surface area (Å²) in [6, 6.07) is 6.97. The number of phosphoric acid groups is 1. The molecule has 2 unspecified atom stereocenters. The van der Waals surface area contributed by atoms with Crippen molar-refractivity contribution in [2.75, 3.05) is 26.1 Å². The molecule has 4 N–H and O–H groups in total. The predicted octanol–water partition coefficient (Wildman–Crippen LogP) is 2.56. The lowest BCUT2D eigenvalue weighted by molar-refractivity contribution is -0.131. The van der Waals surface area contributed by atoms with Gasteiger partial charge in [-0.3, -0.25) is 41.8 Å². The lowest BCUT2D eigenvalue weighted by Crippen LogP contribution is -2.37. The standard InChI is InChI=1S/C28H31F2N7O13P2S/c1-14(38)47-16-5-3-15(4-6-16)11-53-52(43)46-9-17(44-2)20(29)27(37-13-34-22-24(31)32-12-33-25(22)37)50-51(41,42)45-10-18-23(49-52)21(30)26(48-18)36-8-7-19(39)35-28(36)40/h3-8,12-13,17-18,20-21,23,26-27H,9-11H2,1-2H3,(H,41,42)(H2,31,32,33)(H,35,39,40)/t17-,18-,20-,21-,23-,26-,27-,52?/m1/s1. The van der Waals surface area contributed by atoms with Crippen molar-refractivity contribution in [1.29, 1.82) is 0 Å². The summed E-state index contributed by atoms with van der Waals surface area (Å²) >= 11 is 0.562. The number of nitrogens with zero attached hydrogens (tertiary/aromatic N) is 5. The molecule has 20 nitrogen and oxygen atoms in total. The first-order valence-corrected chi connectivity index (χ1v) is 20.0. The van der Waals surface area contributed by atoms with Crippen LogP contribution in [0.3, 0.4) is 0 Å². The Morgan fingerprint density at radius 1 is 1.06 bits per heavy atom. The predicted molar refractivity (Wildman–Crippen MR) is 179 cm³/mol. The van der Waals surface area contributed by atoms with E-state index in [0.29, 0.717) is 21.5 Å². The number of hydrogen-bond acceptors (Lipinski definition) is 17. The van der Waals surface area contributed by atoms with Crippen LogP contribution in [0.25, 0.3) is 11.2 Å². The van der Waals surface area contributed by atoms with Crippen LogP contribution in [0.4, 0.5) is 14.6 Å². The Bertz CT molecular complexity index is 2180. The summed E-state index contributed by atoms with van der Waals surface area (Å²) in [4.78, 5) is 60.3. The normalized spacial score (nSPS) is 31.2. The molecule has 0 radical (unpaired) electrons. The molecule has 0 saturated carbocycles. The number of anilines is 1. The topological polar surface area (TPSA) is 261 Å². The van der Waals surface area contributed by atoms with Gasteiger partial charge in [-0.15, -0.1) is 0 Å². The Hall–Kier alpha value is -3.89. The molecule has 5 heterocycles. The van der Waals surface area contributed by atoms with E-state index in [1.165, 1.54) is 19.1 Å². The number of nitrogen functional groups attached to an aromatic ring is 1. The molecular formula is C28H31F2N7O13P2S. The molecule has 0 spiro atoms. The lowest BCUT2D eigenvalue weighted by Gasteiger charge is -2.29. The molecule has 3 aromatic heterocycles. The summed E-state index contributed by atoms with van der Waals surface area (Å²) in [6.07, 6.45) is -10.9. The number of rotatable bonds is 7. The van der Waals surface area contributed by atoms with Gasteiger partial charge >= 0.3 is 26.3 Å². The molecule has 0 amide bonds. The quantitative estimate of drug-likeness (QED) is 0.138. The van der Waals surface area contributed by atoms with Crippen LogP contribution in [-0.2, 0) is 47.2 Å². The number of fused-ring (bicyclic) bond motifs is 2. The van der Waals surface area contributed by atoms with Crippen molar-refractivity contribution >= 4 is 49.0 Å². The van der Waals surface area contributed by atoms with Gasteiger partial charge < -0.3 is 24.8 Å². The molecule has 53 heavy (non-hydrogen) atoms. The molecule has 25 heteroatoms. The van der Waals surface area contributed by atoms with Crippen LogP contribution >= 0.6 is 26.0 Å². The van der Waals surface area contributed by atoms with Crippen LogP contribution in [0.5, 0.6) is 5.75 Å². The second-order valence-electron chi connectivity index (χ2n) is 11.4. The van der Waals surface area contributed by atoms with Crippen molar-refractivity contribution in [3.05, 3.63) is 75.6 Å². The minimum absolute atomic E-state index is 0.0000367. The highest BCUT2D eigenvalue weighted by Crippen LogP contribution is 2.64. The van der Waals surface area contributed by atoms with Crippen LogP contribution in [0.15, 0.2) is 58.8 Å². The number of aromatic amines is 1. The highest BCUT2D eigenvalue weighted by atomic mass is 32.7. The van der Waals surface area contributed by atoms with E-state index in [9.17, 15) is 28.4 Å². The van der Waals surface area contributed by atoms with Crippen LogP contribution in [-0.4, -0.2) is 90.9 Å². The fourth-order valence-electron chi connectivity index (χ4n) is 5.32. The number of methoxy groups -OCH3 is 1. The third-order valence-corrected chi connectivity index (χ3v) is 12.5. The van der Waals surface area contributed by atoms with E-state index in [0.717, 1.165) is 36.6 Å². The number of alkyl halides is 2. The van der Waals surface area contributed by atoms with Crippen molar-refractivity contribution in [3.8, 4) is 5.75 Å². The first-order valence-electron chi connectivity index (χ1n) is 15.4. The Morgan fingerprint density at radius 3 is 2.51 bits per heavy atom. The average molecular weight is 806 g/mol. The number of H-pyrrole nitrogens is 1. The Labute approximate surface area is 300 Å². The fraction of sp³-hybridized carbons (Fsp3) is 0.429. The van der Waals surface area contributed by atoms with E-state index < -0.39 is 88.2 Å². The smallest absolute Gasteiger partial charge is 0.427 e. The van der Waals surface area contributed by atoms with Gasteiger partial charge in [0, 0.05) is 32.0 Å². The lowest BCUT2D eigenvalue weighted by atomic mass is 10.1. The van der Waals surface area contributed by atoms with Crippen molar-refractivity contribution in [3.63, 3.8) is 0 Å². The zero-order chi connectivity index (χ0) is 38.1. The van der Waals surface area contributed by atoms with Crippen LogP contribution in [0, 0.1) is 0 Å². The third-order valence-electron chi connectivity index (χ3n) is 7.85. The summed E-state index contributed by atoms with van der Waals surface area (Å²) in [7, 11) is -4.25. The maximum absolute atomic E-state index is 16.5. The van der Waals surface area contributed by atoms with E-state index in [-0.39, 0.29) is 28.5 Å². The third kappa shape index (κ3) is 8.75. The van der Waals surface area contributed by atoms with Gasteiger partial charge in [0.05, 0.1) is 19.5 Å². The summed E-state index contributed by atoms with van der Waals surface area (Å²) in [5.74, 6) is -0.522. The van der Waals surface area contributed by atoms with Gasteiger partial charge in [-0.05, 0) is 29.1 Å². The number of esters is 1. The fourth-order valence-corrected chi connectivity index (χ4v) is 9.59. The van der Waals surface area contributed by atoms with Gasteiger partial charge in [-0.2, -0.15) is 0 Å². The Balaban J connectivity index is 1.37. The van der Waals surface area contributed by atoms with Gasteiger partial charge in [0.25, 0.3) is 5.56 Å². The summed E-state index contributed by atoms with van der Waals surface area (Å²) in [5, 5.41) is 0. The minimum atomic E-state index is -5.33. The van der Waals surface area contributed by atoms with E-state index in [2.05, 4.69) is 15.0 Å². The highest BCUT2D eigenvalue weighted by molar-refractivity contribution is 8.54. The largest absolute Gasteiger partial charge is 0.474 e. The molecule has 6 rings (SSSR count). The molecule has 0 aliphatic carbocycles. The molecule has 286 valence electrons. The number of carbonyl (C=O) groups excluding carboxylic acids is 1. The number of carbonyl (C=O) groups is 1. The zero-order valence-corrected chi connectivity index (χ0v) is 30.1. The average Bonchev–Trinajstić information content (AvgIpc) is 3.67. The number of nitrogens with one attached hydrogen (secondary N) is 1. The molecule has 2 aliphatic heterocycles. The number of halogens is 2. The van der Waals surface area contributed by atoms with Crippen molar-refractivity contribution in [1.82, 2.24) is 29.1 Å². The number of phosphoric ester groups is 1. The number of ether oxygens (including phenoxy) is 3. The highest BCUT2D eigenvalue weighted by Gasteiger charge is 2.52. The first kappa shape index (κ1) is 38.8. The van der Waals surface area contributed by atoms with E-state index in [4.69, 9.17) is 38.0 Å². The van der Waals surface area contributed by atoms with Gasteiger partial charge in [0.15, 0.2) is 36.3 Å². The van der Waals surface area contributed by atoms with Gasteiger partial charge in [-0.1, -0.05) is 12.1 Å².